The van der Waals surface area contributed by atoms with Crippen molar-refractivity contribution in [3.8, 4) is 0 Å². The summed E-state index contributed by atoms with van der Waals surface area (Å²) in [5.41, 5.74) is 0. The van der Waals surface area contributed by atoms with Crippen LogP contribution in [-0.4, -0.2) is 37.2 Å². The molecule has 0 radical (unpaired) electrons. The largest absolute Gasteiger partial charge is 0.462 e. The molecule has 0 N–H and O–H groups in total. The zero-order valence-electron chi connectivity index (χ0n) is 44.8. The van der Waals surface area contributed by atoms with E-state index in [9.17, 15) is 14.4 Å². The van der Waals surface area contributed by atoms with Crippen LogP contribution in [0.25, 0.3) is 0 Å². The van der Waals surface area contributed by atoms with Crippen molar-refractivity contribution in [2.24, 2.45) is 0 Å². The molecule has 1 unspecified atom stereocenters. The van der Waals surface area contributed by atoms with Gasteiger partial charge in [0.25, 0.3) is 0 Å². The summed E-state index contributed by atoms with van der Waals surface area (Å²) in [5.74, 6) is -0.904. The highest BCUT2D eigenvalue weighted by Crippen LogP contribution is 2.14. The Labute approximate surface area is 425 Å². The quantitative estimate of drug-likeness (QED) is 0.0262. The summed E-state index contributed by atoms with van der Waals surface area (Å²) in [6.07, 6.45) is 77.0. The third kappa shape index (κ3) is 54.9. The minimum atomic E-state index is -0.776. The van der Waals surface area contributed by atoms with E-state index in [1.807, 2.05) is 0 Å². The third-order valence-corrected chi connectivity index (χ3v) is 11.8. The van der Waals surface area contributed by atoms with E-state index < -0.39 is 6.10 Å². The van der Waals surface area contributed by atoms with Gasteiger partial charge in [-0.2, -0.15) is 0 Å². The summed E-state index contributed by atoms with van der Waals surface area (Å²) in [5, 5.41) is 0. The van der Waals surface area contributed by atoms with Crippen LogP contribution in [0.4, 0.5) is 0 Å². The maximum absolute atomic E-state index is 12.7. The van der Waals surface area contributed by atoms with Crippen molar-refractivity contribution < 1.29 is 28.6 Å². The van der Waals surface area contributed by atoms with E-state index in [2.05, 4.69) is 130 Å². The van der Waals surface area contributed by atoms with Gasteiger partial charge >= 0.3 is 17.9 Å². The Morgan fingerprint density at radius 1 is 0.304 bits per heavy atom. The van der Waals surface area contributed by atoms with Crippen LogP contribution in [0, 0.1) is 0 Å². The molecule has 6 nitrogen and oxygen atoms in total. The van der Waals surface area contributed by atoms with Crippen LogP contribution in [-0.2, 0) is 28.6 Å². The second kappa shape index (κ2) is 56.7. The van der Waals surface area contributed by atoms with Crippen molar-refractivity contribution in [3.05, 3.63) is 109 Å². The maximum Gasteiger partial charge on any atom is 0.306 e. The number of hydrogen-bond donors (Lipinski definition) is 0. The fourth-order valence-corrected chi connectivity index (χ4v) is 7.55. The molecule has 0 saturated carbocycles. The van der Waals surface area contributed by atoms with Gasteiger partial charge in [-0.05, 0) is 89.9 Å². The summed E-state index contributed by atoms with van der Waals surface area (Å²) in [6, 6.07) is 0. The molecule has 69 heavy (non-hydrogen) atoms. The van der Waals surface area contributed by atoms with Crippen molar-refractivity contribution in [2.75, 3.05) is 13.2 Å². The fourth-order valence-electron chi connectivity index (χ4n) is 7.55. The molecule has 0 heterocycles. The van der Waals surface area contributed by atoms with Crippen molar-refractivity contribution in [2.45, 2.75) is 258 Å². The van der Waals surface area contributed by atoms with Gasteiger partial charge in [0, 0.05) is 19.3 Å². The van der Waals surface area contributed by atoms with Gasteiger partial charge in [-0.3, -0.25) is 14.4 Å². The van der Waals surface area contributed by atoms with Gasteiger partial charge in [-0.25, -0.2) is 0 Å². The fraction of sp³-hybridized carbons (Fsp3) is 0.667. The van der Waals surface area contributed by atoms with Crippen molar-refractivity contribution >= 4 is 17.9 Å². The minimum Gasteiger partial charge on any atom is -0.462 e. The molecule has 0 saturated heterocycles. The monoisotopic (exact) mass is 957 g/mol. The summed E-state index contributed by atoms with van der Waals surface area (Å²) in [6.45, 7) is 6.43. The molecule has 0 aliphatic carbocycles. The molecule has 6 heteroatoms. The number of carbonyl (C=O) groups excluding carboxylic acids is 3. The molecule has 1 atom stereocenters. The lowest BCUT2D eigenvalue weighted by molar-refractivity contribution is -0.167. The Hall–Kier alpha value is -3.93. The lowest BCUT2D eigenvalue weighted by Gasteiger charge is -2.18. The molecule has 0 aromatic heterocycles. The minimum absolute atomic E-state index is 0.0797. The number of unbranched alkanes of at least 4 members (excludes halogenated alkanes) is 21. The normalized spacial score (nSPS) is 12.9. The van der Waals surface area contributed by atoms with Crippen LogP contribution in [0.2, 0.25) is 0 Å². The first-order chi connectivity index (χ1) is 34.0. The Morgan fingerprint density at radius 2 is 0.565 bits per heavy atom. The molecule has 0 bridgehead atoms. The van der Waals surface area contributed by atoms with E-state index in [-0.39, 0.29) is 31.1 Å². The van der Waals surface area contributed by atoms with E-state index in [1.165, 1.54) is 89.9 Å². The van der Waals surface area contributed by atoms with Crippen LogP contribution >= 0.6 is 0 Å². The molecular weight excluding hydrogens is 853 g/mol. The number of ether oxygens (including phenoxy) is 3. The van der Waals surface area contributed by atoms with Gasteiger partial charge in [-0.15, -0.1) is 0 Å². The Balaban J connectivity index is 4.05. The first-order valence-corrected chi connectivity index (χ1v) is 28.4. The first kappa shape index (κ1) is 65.1. The van der Waals surface area contributed by atoms with Gasteiger partial charge < -0.3 is 14.2 Å². The van der Waals surface area contributed by atoms with E-state index in [0.717, 1.165) is 122 Å². The number of allylic oxidation sites excluding steroid dienone is 18. The second-order valence-corrected chi connectivity index (χ2v) is 18.5. The molecule has 0 aliphatic rings. The Bertz CT molecular complexity index is 1420. The predicted octanol–water partition coefficient (Wildman–Crippen LogP) is 19.1. The van der Waals surface area contributed by atoms with Gasteiger partial charge in [0.15, 0.2) is 6.10 Å². The molecule has 392 valence electrons. The number of rotatable bonds is 50. The van der Waals surface area contributed by atoms with Gasteiger partial charge in [0.1, 0.15) is 13.2 Å². The zero-order valence-corrected chi connectivity index (χ0v) is 44.8. The van der Waals surface area contributed by atoms with Crippen LogP contribution in [0.15, 0.2) is 109 Å². The summed E-state index contributed by atoms with van der Waals surface area (Å²) in [7, 11) is 0. The highest BCUT2D eigenvalue weighted by atomic mass is 16.6. The smallest absolute Gasteiger partial charge is 0.306 e. The zero-order chi connectivity index (χ0) is 50.0. The van der Waals surface area contributed by atoms with Crippen molar-refractivity contribution in [1.82, 2.24) is 0 Å². The van der Waals surface area contributed by atoms with E-state index in [1.54, 1.807) is 0 Å². The van der Waals surface area contributed by atoms with E-state index >= 15 is 0 Å². The third-order valence-electron chi connectivity index (χ3n) is 11.8. The lowest BCUT2D eigenvalue weighted by Crippen LogP contribution is -2.30. The lowest BCUT2D eigenvalue weighted by atomic mass is 10.1. The molecule has 0 fully saturated rings. The Morgan fingerprint density at radius 3 is 0.884 bits per heavy atom. The number of esters is 3. The molecule has 0 amide bonds. The maximum atomic E-state index is 12.7. The molecule has 0 aromatic carbocycles. The standard InChI is InChI=1S/C63H104O6/c1-4-7-10-13-16-18-20-21-22-23-24-25-26-27-28-29-30-31-32-33-34-35-36-37-38-39-40-41-42-43-44-46-47-50-53-56-62(65)68-59-60(58-67-61(64)55-52-49-15-12-9-6-3)69-63(66)57-54-51-48-45-19-17-14-11-8-5-2/h7,10,16,18,21-22,24-25,27-28,30-31,33-34,36-37,39-40,60H,4-6,8-9,11-15,17,19-20,23,26,29,32,35,38,41-59H2,1-3H3/b10-7-,18-16-,22-21-,25-24-,28-27-,31-30-,34-33-,37-36-,40-39-. The summed E-state index contributed by atoms with van der Waals surface area (Å²) < 4.78 is 16.7. The van der Waals surface area contributed by atoms with Gasteiger partial charge in [-0.1, -0.05) is 252 Å². The van der Waals surface area contributed by atoms with Crippen LogP contribution < -0.4 is 0 Å². The molecule has 0 rings (SSSR count). The number of hydrogen-bond acceptors (Lipinski definition) is 6. The molecular formula is C63H104O6. The first-order valence-electron chi connectivity index (χ1n) is 28.4. The van der Waals surface area contributed by atoms with Gasteiger partial charge in [0.05, 0.1) is 0 Å². The predicted molar refractivity (Wildman–Crippen MR) is 297 cm³/mol. The second-order valence-electron chi connectivity index (χ2n) is 18.5. The van der Waals surface area contributed by atoms with Crippen molar-refractivity contribution in [1.29, 1.82) is 0 Å². The van der Waals surface area contributed by atoms with Crippen LogP contribution in [0.3, 0.4) is 0 Å². The average molecular weight is 958 g/mol. The topological polar surface area (TPSA) is 78.9 Å². The molecule has 0 spiro atoms. The van der Waals surface area contributed by atoms with Crippen LogP contribution in [0.1, 0.15) is 252 Å². The Kier molecular flexibility index (Phi) is 53.4. The van der Waals surface area contributed by atoms with E-state index in [0.29, 0.717) is 19.3 Å². The van der Waals surface area contributed by atoms with Crippen molar-refractivity contribution in [3.63, 3.8) is 0 Å². The van der Waals surface area contributed by atoms with E-state index in [4.69, 9.17) is 14.2 Å². The average Bonchev–Trinajstić information content (AvgIpc) is 3.35. The summed E-state index contributed by atoms with van der Waals surface area (Å²) >= 11 is 0. The number of carbonyl (C=O) groups is 3. The SMILES string of the molecule is CC/C=C\C/C=C\C/C=C\C/C=C\C/C=C\C/C=C\C/C=C\C/C=C\C/C=C\CCCCCCCCCC(=O)OCC(COC(=O)CCCCCCCC)OC(=O)CCCCCCCCCCCC. The van der Waals surface area contributed by atoms with Gasteiger partial charge in [0.2, 0.25) is 0 Å². The summed E-state index contributed by atoms with van der Waals surface area (Å²) in [4.78, 5) is 37.7. The highest BCUT2D eigenvalue weighted by Gasteiger charge is 2.19. The van der Waals surface area contributed by atoms with Crippen LogP contribution in [0.5, 0.6) is 0 Å². The molecule has 0 aliphatic heterocycles. The highest BCUT2D eigenvalue weighted by molar-refractivity contribution is 5.71. The molecule has 0 aromatic rings.